The summed E-state index contributed by atoms with van der Waals surface area (Å²) in [5, 5.41) is 23.8. The molecule has 1 aromatic rings. The molecular formula is C21H28N4O7. The van der Waals surface area contributed by atoms with Crippen LogP contribution in [0.1, 0.15) is 39.3 Å². The molecule has 0 fully saturated rings. The predicted molar refractivity (Wildman–Crippen MR) is 112 cm³/mol. The smallest absolute Gasteiger partial charge is 0.408 e. The zero-order valence-corrected chi connectivity index (χ0v) is 18.7. The minimum absolute atomic E-state index is 0.169. The van der Waals surface area contributed by atoms with Crippen molar-refractivity contribution in [3.63, 3.8) is 0 Å². The maximum absolute atomic E-state index is 13.1. The van der Waals surface area contributed by atoms with Crippen LogP contribution in [0.3, 0.4) is 0 Å². The van der Waals surface area contributed by atoms with Crippen molar-refractivity contribution in [2.45, 2.75) is 45.4 Å². The Hall–Kier alpha value is -3.81. The first kappa shape index (κ1) is 26.2. The van der Waals surface area contributed by atoms with Crippen LogP contribution in [0.25, 0.3) is 0 Å². The summed E-state index contributed by atoms with van der Waals surface area (Å²) in [6.07, 6.45) is -0.848. The number of alkyl carbamates (subject to hydrolysis) is 1. The molecule has 0 radical (unpaired) electrons. The van der Waals surface area contributed by atoms with Crippen LogP contribution in [-0.2, 0) is 23.9 Å². The van der Waals surface area contributed by atoms with Crippen molar-refractivity contribution in [1.82, 2.24) is 15.5 Å². The summed E-state index contributed by atoms with van der Waals surface area (Å²) in [4.78, 5) is 50.4. The Morgan fingerprint density at radius 3 is 2.44 bits per heavy atom. The van der Waals surface area contributed by atoms with Gasteiger partial charge in [-0.2, -0.15) is 5.26 Å². The number of amides is 3. The van der Waals surface area contributed by atoms with E-state index in [4.69, 9.17) is 4.74 Å². The van der Waals surface area contributed by atoms with Gasteiger partial charge in [-0.25, -0.2) is 4.79 Å². The lowest BCUT2D eigenvalue weighted by molar-refractivity contribution is -0.144. The summed E-state index contributed by atoms with van der Waals surface area (Å²) in [7, 11) is 1.15. The molecule has 32 heavy (non-hydrogen) atoms. The van der Waals surface area contributed by atoms with Crippen LogP contribution in [0, 0.1) is 11.3 Å². The number of ether oxygens (including phenoxy) is 2. The Bertz CT molecular complexity index is 889. The van der Waals surface area contributed by atoms with Crippen molar-refractivity contribution >= 4 is 23.9 Å². The highest BCUT2D eigenvalue weighted by Crippen LogP contribution is 2.25. The Kier molecular flexibility index (Phi) is 9.46. The van der Waals surface area contributed by atoms with E-state index in [1.54, 1.807) is 20.8 Å². The molecule has 2 atom stereocenters. The molecule has 11 nitrogen and oxygen atoms in total. The molecular weight excluding hydrogens is 420 g/mol. The molecule has 11 heteroatoms. The van der Waals surface area contributed by atoms with Crippen molar-refractivity contribution in [2.75, 3.05) is 20.2 Å². The molecule has 2 unspecified atom stereocenters. The Balaban J connectivity index is 3.24. The van der Waals surface area contributed by atoms with Crippen LogP contribution >= 0.6 is 0 Å². The van der Waals surface area contributed by atoms with Gasteiger partial charge in [0.05, 0.1) is 13.2 Å². The third-order valence-electron chi connectivity index (χ3n) is 4.01. The molecule has 3 amide bonds. The number of nitriles is 1. The van der Waals surface area contributed by atoms with E-state index in [9.17, 15) is 29.5 Å². The van der Waals surface area contributed by atoms with Gasteiger partial charge in [-0.15, -0.1) is 0 Å². The first-order valence-corrected chi connectivity index (χ1v) is 9.70. The number of methoxy groups -OCH3 is 1. The molecule has 0 aliphatic carbocycles. The third kappa shape index (κ3) is 8.14. The van der Waals surface area contributed by atoms with Crippen LogP contribution in [0.4, 0.5) is 4.79 Å². The number of carbonyl (C=O) groups excluding carboxylic acids is 4. The van der Waals surface area contributed by atoms with Crippen molar-refractivity contribution < 1.29 is 33.8 Å². The van der Waals surface area contributed by atoms with Gasteiger partial charge in [0.2, 0.25) is 11.8 Å². The maximum Gasteiger partial charge on any atom is 0.408 e. The topological polar surface area (TPSA) is 158 Å². The van der Waals surface area contributed by atoms with Crippen LogP contribution in [0.15, 0.2) is 24.3 Å². The third-order valence-corrected chi connectivity index (χ3v) is 4.01. The first-order valence-electron chi connectivity index (χ1n) is 9.70. The number of benzene rings is 1. The summed E-state index contributed by atoms with van der Waals surface area (Å²) in [6.45, 7) is 5.37. The highest BCUT2D eigenvalue weighted by Gasteiger charge is 2.35. The quantitative estimate of drug-likeness (QED) is 0.392. The maximum atomic E-state index is 13.1. The van der Waals surface area contributed by atoms with Gasteiger partial charge in [-0.05, 0) is 45.4 Å². The lowest BCUT2D eigenvalue weighted by atomic mass is 10.0. The number of nitrogens with one attached hydrogen (secondary N) is 2. The monoisotopic (exact) mass is 448 g/mol. The molecule has 0 aliphatic rings. The number of hydrogen-bond donors (Lipinski definition) is 3. The van der Waals surface area contributed by atoms with Gasteiger partial charge in [0.15, 0.2) is 0 Å². The number of esters is 1. The van der Waals surface area contributed by atoms with E-state index < -0.39 is 54.7 Å². The minimum Gasteiger partial charge on any atom is -0.508 e. The number of hydrogen-bond acceptors (Lipinski definition) is 8. The SMILES string of the molecule is COC(=O)CNC(=O)C(c1cccc(O)c1)N(CC#N)C(=O)C(C)NC(=O)OC(C)(C)C. The van der Waals surface area contributed by atoms with Gasteiger partial charge in [-0.1, -0.05) is 12.1 Å². The number of phenols is 1. The van der Waals surface area contributed by atoms with E-state index in [1.807, 2.05) is 6.07 Å². The van der Waals surface area contributed by atoms with E-state index in [0.29, 0.717) is 0 Å². The van der Waals surface area contributed by atoms with Gasteiger partial charge in [-0.3, -0.25) is 14.4 Å². The Labute approximate surface area is 186 Å². The number of phenolic OH excluding ortho intramolecular Hbond substituents is 1. The Morgan fingerprint density at radius 2 is 1.91 bits per heavy atom. The molecule has 3 N–H and O–H groups in total. The Morgan fingerprint density at radius 1 is 1.25 bits per heavy atom. The van der Waals surface area contributed by atoms with E-state index >= 15 is 0 Å². The zero-order valence-electron chi connectivity index (χ0n) is 18.7. The van der Waals surface area contributed by atoms with Crippen molar-refractivity contribution in [2.24, 2.45) is 0 Å². The average molecular weight is 448 g/mol. The number of carbonyl (C=O) groups is 4. The summed E-state index contributed by atoms with van der Waals surface area (Å²) >= 11 is 0. The van der Waals surface area contributed by atoms with Crippen molar-refractivity contribution in [1.29, 1.82) is 5.26 Å². The molecule has 0 bridgehead atoms. The van der Waals surface area contributed by atoms with E-state index in [-0.39, 0.29) is 11.3 Å². The molecule has 1 rings (SSSR count). The second-order valence-electron chi connectivity index (χ2n) is 7.78. The standard InChI is InChI=1S/C21H28N4O7/c1-13(24-20(30)32-21(2,3)4)19(29)25(10-9-22)17(14-7-6-8-15(26)11-14)18(28)23-12-16(27)31-5/h6-8,11,13,17,26H,10,12H2,1-5H3,(H,23,28)(H,24,30). The van der Waals surface area contributed by atoms with E-state index in [2.05, 4.69) is 15.4 Å². The molecule has 0 heterocycles. The van der Waals surface area contributed by atoms with Gasteiger partial charge >= 0.3 is 12.1 Å². The fraction of sp³-hybridized carbons (Fsp3) is 0.476. The summed E-state index contributed by atoms with van der Waals surface area (Å²) < 4.78 is 9.63. The molecule has 0 aromatic heterocycles. The largest absolute Gasteiger partial charge is 0.508 e. The van der Waals surface area contributed by atoms with Gasteiger partial charge < -0.3 is 30.1 Å². The van der Waals surface area contributed by atoms with Crippen LogP contribution in [0.2, 0.25) is 0 Å². The van der Waals surface area contributed by atoms with Crippen LogP contribution in [0.5, 0.6) is 5.75 Å². The minimum atomic E-state index is -1.37. The zero-order chi connectivity index (χ0) is 24.5. The van der Waals surface area contributed by atoms with Gasteiger partial charge in [0.1, 0.15) is 36.5 Å². The second-order valence-corrected chi connectivity index (χ2v) is 7.78. The molecule has 1 aromatic carbocycles. The van der Waals surface area contributed by atoms with Crippen LogP contribution in [-0.4, -0.2) is 65.7 Å². The summed E-state index contributed by atoms with van der Waals surface area (Å²) in [5.41, 5.74) is -0.600. The first-order chi connectivity index (χ1) is 14.9. The van der Waals surface area contributed by atoms with E-state index in [0.717, 1.165) is 12.0 Å². The fourth-order valence-electron chi connectivity index (χ4n) is 2.66. The lowest BCUT2D eigenvalue weighted by Gasteiger charge is -2.31. The number of rotatable bonds is 8. The van der Waals surface area contributed by atoms with Crippen LogP contribution < -0.4 is 10.6 Å². The summed E-state index contributed by atoms with van der Waals surface area (Å²) in [5.74, 6) is -2.42. The van der Waals surface area contributed by atoms with Gasteiger partial charge in [0.25, 0.3) is 0 Å². The molecule has 0 spiro atoms. The highest BCUT2D eigenvalue weighted by atomic mass is 16.6. The molecule has 0 saturated heterocycles. The average Bonchev–Trinajstić information content (AvgIpc) is 2.69. The van der Waals surface area contributed by atoms with Crippen molar-refractivity contribution in [3.8, 4) is 11.8 Å². The lowest BCUT2D eigenvalue weighted by Crippen LogP contribution is -2.52. The summed E-state index contributed by atoms with van der Waals surface area (Å²) in [6, 6.07) is 4.86. The second kappa shape index (κ2) is 11.5. The predicted octanol–water partition coefficient (Wildman–Crippen LogP) is 0.988. The molecule has 0 aliphatic heterocycles. The van der Waals surface area contributed by atoms with Gasteiger partial charge in [0, 0.05) is 0 Å². The number of nitrogens with zero attached hydrogens (tertiary/aromatic N) is 2. The molecule has 0 saturated carbocycles. The van der Waals surface area contributed by atoms with Crippen molar-refractivity contribution in [3.05, 3.63) is 29.8 Å². The molecule has 174 valence electrons. The fourth-order valence-corrected chi connectivity index (χ4v) is 2.66. The number of aromatic hydroxyl groups is 1. The normalized spacial score (nSPS) is 12.5. The van der Waals surface area contributed by atoms with E-state index in [1.165, 1.54) is 31.2 Å². The highest BCUT2D eigenvalue weighted by molar-refractivity contribution is 5.93.